The van der Waals surface area contributed by atoms with Crippen molar-refractivity contribution in [2.75, 3.05) is 27.2 Å². The minimum absolute atomic E-state index is 0.00566. The second-order valence-corrected chi connectivity index (χ2v) is 8.75. The van der Waals surface area contributed by atoms with Crippen molar-refractivity contribution in [1.29, 1.82) is 0 Å². The lowest BCUT2D eigenvalue weighted by atomic mass is 9.92. The molecule has 0 saturated heterocycles. The maximum atomic E-state index is 13.0. The average Bonchev–Trinajstić information content (AvgIpc) is 2.94. The standard InChI is InChI=1S/C20H33N5O/c1-13(2)17-9-15(16-10-22-25(14(3)4)18(16)23-17)19(26)21-11-20(5,6)12-24(7)8/h9-10,13-14H,11-12H2,1-8H3,(H,21,26). The summed E-state index contributed by atoms with van der Waals surface area (Å²) in [6.45, 7) is 14.2. The molecule has 2 rings (SSSR count). The van der Waals surface area contributed by atoms with E-state index in [-0.39, 0.29) is 23.3 Å². The van der Waals surface area contributed by atoms with Crippen molar-refractivity contribution in [2.45, 2.75) is 53.5 Å². The third kappa shape index (κ3) is 4.61. The van der Waals surface area contributed by atoms with Crippen LogP contribution in [-0.2, 0) is 0 Å². The fourth-order valence-electron chi connectivity index (χ4n) is 3.23. The predicted octanol–water partition coefficient (Wildman–Crippen LogP) is 3.45. The fourth-order valence-corrected chi connectivity index (χ4v) is 3.23. The summed E-state index contributed by atoms with van der Waals surface area (Å²) in [6, 6.07) is 2.10. The molecular formula is C20H33N5O. The number of nitrogens with zero attached hydrogens (tertiary/aromatic N) is 4. The molecule has 0 saturated carbocycles. The fraction of sp³-hybridized carbons (Fsp3) is 0.650. The summed E-state index contributed by atoms with van der Waals surface area (Å²) in [5, 5.41) is 8.38. The predicted molar refractivity (Wildman–Crippen MR) is 107 cm³/mol. The minimum Gasteiger partial charge on any atom is -0.351 e. The molecule has 0 aliphatic heterocycles. The molecule has 0 aliphatic rings. The second kappa shape index (κ2) is 7.74. The zero-order valence-corrected chi connectivity index (χ0v) is 17.4. The van der Waals surface area contributed by atoms with Crippen LogP contribution >= 0.6 is 0 Å². The molecule has 0 fully saturated rings. The van der Waals surface area contributed by atoms with Crippen molar-refractivity contribution < 1.29 is 4.79 Å². The molecule has 1 amide bonds. The highest BCUT2D eigenvalue weighted by Gasteiger charge is 2.23. The van der Waals surface area contributed by atoms with Gasteiger partial charge in [0.25, 0.3) is 5.91 Å². The van der Waals surface area contributed by atoms with Crippen molar-refractivity contribution in [3.8, 4) is 0 Å². The van der Waals surface area contributed by atoms with Crippen LogP contribution in [0.4, 0.5) is 0 Å². The van der Waals surface area contributed by atoms with Crippen LogP contribution in [0.25, 0.3) is 11.0 Å². The molecule has 0 atom stereocenters. The Kier molecular flexibility index (Phi) is 6.06. The SMILES string of the molecule is CC(C)c1cc(C(=O)NCC(C)(C)CN(C)C)c2cnn(C(C)C)c2n1. The molecule has 26 heavy (non-hydrogen) atoms. The summed E-state index contributed by atoms with van der Waals surface area (Å²) in [4.78, 5) is 19.9. The first kappa shape index (κ1) is 20.4. The van der Waals surface area contributed by atoms with E-state index in [0.29, 0.717) is 12.1 Å². The van der Waals surface area contributed by atoms with Gasteiger partial charge in [-0.05, 0) is 45.3 Å². The van der Waals surface area contributed by atoms with Crippen LogP contribution in [0.2, 0.25) is 0 Å². The maximum Gasteiger partial charge on any atom is 0.252 e. The quantitative estimate of drug-likeness (QED) is 0.822. The number of nitrogens with one attached hydrogen (secondary N) is 1. The second-order valence-electron chi connectivity index (χ2n) is 8.75. The number of hydrogen-bond acceptors (Lipinski definition) is 4. The molecular weight excluding hydrogens is 326 g/mol. The highest BCUT2D eigenvalue weighted by Crippen LogP contribution is 2.24. The van der Waals surface area contributed by atoms with Gasteiger partial charge in [0.1, 0.15) is 0 Å². The van der Waals surface area contributed by atoms with Crippen molar-refractivity contribution in [1.82, 2.24) is 25.0 Å². The van der Waals surface area contributed by atoms with E-state index in [4.69, 9.17) is 4.98 Å². The Labute approximate surface area is 157 Å². The molecule has 0 aromatic carbocycles. The van der Waals surface area contributed by atoms with Crippen molar-refractivity contribution in [3.05, 3.63) is 23.5 Å². The molecule has 2 heterocycles. The molecule has 6 nitrogen and oxygen atoms in total. The van der Waals surface area contributed by atoms with E-state index < -0.39 is 0 Å². The molecule has 0 radical (unpaired) electrons. The van der Waals surface area contributed by atoms with Gasteiger partial charge in [-0.15, -0.1) is 0 Å². The van der Waals surface area contributed by atoms with Crippen molar-refractivity contribution in [3.63, 3.8) is 0 Å². The number of hydrogen-bond donors (Lipinski definition) is 1. The number of carbonyl (C=O) groups excluding carboxylic acids is 1. The van der Waals surface area contributed by atoms with Crippen LogP contribution in [0.5, 0.6) is 0 Å². The molecule has 0 spiro atoms. The summed E-state index contributed by atoms with van der Waals surface area (Å²) >= 11 is 0. The maximum absolute atomic E-state index is 13.0. The number of aromatic nitrogens is 3. The Morgan fingerprint density at radius 1 is 1.27 bits per heavy atom. The molecule has 2 aromatic rings. The van der Waals surface area contributed by atoms with E-state index >= 15 is 0 Å². The summed E-state index contributed by atoms with van der Waals surface area (Å²) in [5.74, 6) is 0.182. The van der Waals surface area contributed by atoms with E-state index in [1.165, 1.54) is 0 Å². The highest BCUT2D eigenvalue weighted by atomic mass is 16.1. The van der Waals surface area contributed by atoms with Crippen molar-refractivity contribution >= 4 is 16.9 Å². The number of pyridine rings is 1. The number of fused-ring (bicyclic) bond motifs is 1. The normalized spacial score (nSPS) is 12.6. The van der Waals surface area contributed by atoms with Crippen LogP contribution < -0.4 is 5.32 Å². The highest BCUT2D eigenvalue weighted by molar-refractivity contribution is 6.05. The molecule has 0 unspecified atom stereocenters. The van der Waals surface area contributed by atoms with Gasteiger partial charge in [-0.3, -0.25) is 4.79 Å². The molecule has 2 aromatic heterocycles. The molecule has 0 bridgehead atoms. The Morgan fingerprint density at radius 3 is 2.46 bits per heavy atom. The zero-order valence-electron chi connectivity index (χ0n) is 17.4. The van der Waals surface area contributed by atoms with Gasteiger partial charge in [0.05, 0.1) is 17.1 Å². The molecule has 144 valence electrons. The lowest BCUT2D eigenvalue weighted by molar-refractivity contribution is 0.0930. The Balaban J connectivity index is 2.37. The van der Waals surface area contributed by atoms with Gasteiger partial charge in [-0.25, -0.2) is 9.67 Å². The number of carbonyl (C=O) groups is 1. The zero-order chi connectivity index (χ0) is 19.6. The Hall–Kier alpha value is -1.95. The first-order valence-corrected chi connectivity index (χ1v) is 9.33. The number of amides is 1. The van der Waals surface area contributed by atoms with E-state index in [1.54, 1.807) is 6.20 Å². The lowest BCUT2D eigenvalue weighted by Gasteiger charge is -2.28. The Bertz CT molecular complexity index is 774. The van der Waals surface area contributed by atoms with E-state index in [0.717, 1.165) is 23.3 Å². The third-order valence-electron chi connectivity index (χ3n) is 4.38. The summed E-state index contributed by atoms with van der Waals surface area (Å²) in [5.41, 5.74) is 2.35. The monoisotopic (exact) mass is 359 g/mol. The molecule has 6 heteroatoms. The van der Waals surface area contributed by atoms with Crippen LogP contribution in [-0.4, -0.2) is 52.8 Å². The van der Waals surface area contributed by atoms with Gasteiger partial charge < -0.3 is 10.2 Å². The van der Waals surface area contributed by atoms with Crippen LogP contribution in [0, 0.1) is 5.41 Å². The lowest BCUT2D eigenvalue weighted by Crippen LogP contribution is -2.40. The first-order valence-electron chi connectivity index (χ1n) is 9.33. The smallest absolute Gasteiger partial charge is 0.252 e. The van der Waals surface area contributed by atoms with E-state index in [9.17, 15) is 4.79 Å². The average molecular weight is 360 g/mol. The van der Waals surface area contributed by atoms with Crippen LogP contribution in [0.3, 0.4) is 0 Å². The number of rotatable bonds is 7. The van der Waals surface area contributed by atoms with Gasteiger partial charge in [0.2, 0.25) is 0 Å². The minimum atomic E-state index is -0.0607. The van der Waals surface area contributed by atoms with Gasteiger partial charge in [-0.1, -0.05) is 27.7 Å². The molecule has 1 N–H and O–H groups in total. The summed E-state index contributed by atoms with van der Waals surface area (Å²) < 4.78 is 1.88. The van der Waals surface area contributed by atoms with Gasteiger partial charge in [0.15, 0.2) is 5.65 Å². The topological polar surface area (TPSA) is 63.1 Å². The van der Waals surface area contributed by atoms with E-state index in [1.807, 2.05) is 24.8 Å². The Morgan fingerprint density at radius 2 is 1.92 bits per heavy atom. The van der Waals surface area contributed by atoms with Gasteiger partial charge in [0, 0.05) is 24.8 Å². The first-order chi connectivity index (χ1) is 12.0. The largest absolute Gasteiger partial charge is 0.351 e. The van der Waals surface area contributed by atoms with Gasteiger partial charge in [-0.2, -0.15) is 5.10 Å². The van der Waals surface area contributed by atoms with Crippen LogP contribution in [0.1, 0.15) is 69.6 Å². The van der Waals surface area contributed by atoms with Crippen LogP contribution in [0.15, 0.2) is 12.3 Å². The summed E-state index contributed by atoms with van der Waals surface area (Å²) in [6.07, 6.45) is 1.76. The summed E-state index contributed by atoms with van der Waals surface area (Å²) in [7, 11) is 4.09. The van der Waals surface area contributed by atoms with Gasteiger partial charge >= 0.3 is 0 Å². The third-order valence-corrected chi connectivity index (χ3v) is 4.38. The van der Waals surface area contributed by atoms with E-state index in [2.05, 4.69) is 56.9 Å². The van der Waals surface area contributed by atoms with Crippen molar-refractivity contribution in [2.24, 2.45) is 5.41 Å². The molecule has 0 aliphatic carbocycles.